The molecular weight excluding hydrogens is 591 g/mol. The fourth-order valence-electron chi connectivity index (χ4n) is 3.03. The number of nitrogens with zero attached hydrogens (tertiary/aromatic N) is 1. The Labute approximate surface area is 205 Å². The molecule has 2 heterocycles. The third-order valence-corrected chi connectivity index (χ3v) is 5.99. The first kappa shape index (κ1) is 22.3. The van der Waals surface area contributed by atoms with E-state index in [0.717, 1.165) is 14.0 Å². The maximum atomic E-state index is 12.8. The Morgan fingerprint density at radius 3 is 2.56 bits per heavy atom. The van der Waals surface area contributed by atoms with Crippen molar-refractivity contribution < 1.29 is 23.5 Å². The number of hydrogen-bond acceptors (Lipinski definition) is 5. The van der Waals surface area contributed by atoms with Crippen molar-refractivity contribution in [1.29, 1.82) is 0 Å². The normalized spacial score (nSPS) is 15.2. The molecule has 0 atom stereocenters. The van der Waals surface area contributed by atoms with Gasteiger partial charge in [-0.2, -0.15) is 0 Å². The molecule has 1 aliphatic rings. The largest absolute Gasteiger partial charge is 0.488 e. The van der Waals surface area contributed by atoms with Crippen LogP contribution in [0.4, 0.5) is 4.79 Å². The first-order valence-corrected chi connectivity index (χ1v) is 11.4. The molecule has 1 aromatic heterocycles. The second kappa shape index (κ2) is 9.70. The number of halogens is 2. The molecule has 3 aromatic rings. The van der Waals surface area contributed by atoms with Crippen LogP contribution in [0.1, 0.15) is 16.9 Å². The summed E-state index contributed by atoms with van der Waals surface area (Å²) >= 11 is 5.72. The Kier molecular flexibility index (Phi) is 6.75. The number of nitrogens with one attached hydrogen (secondary N) is 1. The minimum atomic E-state index is -0.783. The number of benzene rings is 2. The minimum absolute atomic E-state index is 0.0721. The van der Waals surface area contributed by atoms with Gasteiger partial charge in [0.05, 0.1) is 17.3 Å². The van der Waals surface area contributed by atoms with Crippen molar-refractivity contribution >= 4 is 62.4 Å². The molecule has 4 amide bonds. The topological polar surface area (TPSA) is 88.9 Å². The van der Waals surface area contributed by atoms with Crippen LogP contribution in [0, 0.1) is 3.57 Å². The number of rotatable bonds is 6. The molecule has 7 nitrogen and oxygen atoms in total. The maximum absolute atomic E-state index is 12.8. The van der Waals surface area contributed by atoms with Gasteiger partial charge in [-0.1, -0.05) is 18.2 Å². The molecule has 0 aliphatic carbocycles. The van der Waals surface area contributed by atoms with Gasteiger partial charge in [0.2, 0.25) is 0 Å². The summed E-state index contributed by atoms with van der Waals surface area (Å²) in [4.78, 5) is 38.2. The van der Waals surface area contributed by atoms with E-state index >= 15 is 0 Å². The number of imide groups is 2. The predicted molar refractivity (Wildman–Crippen MR) is 128 cm³/mol. The van der Waals surface area contributed by atoms with E-state index < -0.39 is 17.8 Å². The summed E-state index contributed by atoms with van der Waals surface area (Å²) < 4.78 is 12.9. The summed E-state index contributed by atoms with van der Waals surface area (Å²) in [6.45, 7) is 0.331. The quantitative estimate of drug-likeness (QED) is 0.245. The molecule has 0 unspecified atom stereocenters. The second-order valence-corrected chi connectivity index (χ2v) is 8.99. The highest BCUT2D eigenvalue weighted by Crippen LogP contribution is 2.28. The lowest BCUT2D eigenvalue weighted by Crippen LogP contribution is -2.53. The van der Waals surface area contributed by atoms with Crippen LogP contribution in [0.3, 0.4) is 0 Å². The lowest BCUT2D eigenvalue weighted by molar-refractivity contribution is -0.130. The van der Waals surface area contributed by atoms with Gasteiger partial charge in [-0.25, -0.2) is 4.79 Å². The molecule has 0 saturated carbocycles. The van der Waals surface area contributed by atoms with Crippen LogP contribution < -0.4 is 10.1 Å². The van der Waals surface area contributed by atoms with E-state index in [0.29, 0.717) is 28.2 Å². The molecule has 9 heteroatoms. The van der Waals surface area contributed by atoms with E-state index in [1.165, 1.54) is 12.3 Å². The molecule has 32 heavy (non-hydrogen) atoms. The fourth-order valence-corrected chi connectivity index (χ4v) is 3.90. The SMILES string of the molecule is O=C1NC(=O)N(Cc2ccco2)C(=O)/C1=C/c1ccc(OCc2ccc(I)cc2)c(Br)c1. The summed E-state index contributed by atoms with van der Waals surface area (Å²) in [5, 5.41) is 2.19. The molecule has 0 radical (unpaired) electrons. The second-order valence-electron chi connectivity index (χ2n) is 6.89. The van der Waals surface area contributed by atoms with Gasteiger partial charge in [0, 0.05) is 3.57 Å². The Bertz CT molecular complexity index is 1210. The van der Waals surface area contributed by atoms with Crippen molar-refractivity contribution in [2.75, 3.05) is 0 Å². The average molecular weight is 607 g/mol. The Balaban J connectivity index is 1.50. The molecule has 1 N–H and O–H groups in total. The van der Waals surface area contributed by atoms with Crippen molar-refractivity contribution in [1.82, 2.24) is 10.2 Å². The number of carbonyl (C=O) groups is 3. The Morgan fingerprint density at radius 2 is 1.88 bits per heavy atom. The van der Waals surface area contributed by atoms with Crippen molar-refractivity contribution in [2.24, 2.45) is 0 Å². The zero-order valence-corrected chi connectivity index (χ0v) is 20.3. The molecule has 1 fully saturated rings. The number of furan rings is 1. The predicted octanol–water partition coefficient (Wildman–Crippen LogP) is 4.89. The van der Waals surface area contributed by atoms with Crippen LogP contribution >= 0.6 is 38.5 Å². The molecule has 4 rings (SSSR count). The Morgan fingerprint density at radius 1 is 1.09 bits per heavy atom. The van der Waals surface area contributed by atoms with E-state index in [1.54, 1.807) is 30.3 Å². The van der Waals surface area contributed by atoms with Crippen LogP contribution in [-0.2, 0) is 22.7 Å². The first-order chi connectivity index (χ1) is 15.4. The van der Waals surface area contributed by atoms with E-state index in [9.17, 15) is 14.4 Å². The zero-order chi connectivity index (χ0) is 22.7. The maximum Gasteiger partial charge on any atom is 0.331 e. The fraction of sp³-hybridized carbons (Fsp3) is 0.0870. The highest BCUT2D eigenvalue weighted by atomic mass is 127. The van der Waals surface area contributed by atoms with Crippen LogP contribution in [0.5, 0.6) is 5.75 Å². The van der Waals surface area contributed by atoms with Crippen molar-refractivity contribution in [3.8, 4) is 5.75 Å². The molecular formula is C23H16BrIN2O5. The third kappa shape index (κ3) is 5.10. The molecule has 2 aromatic carbocycles. The molecule has 1 aliphatic heterocycles. The average Bonchev–Trinajstić information content (AvgIpc) is 3.28. The van der Waals surface area contributed by atoms with E-state index in [2.05, 4.69) is 43.8 Å². The van der Waals surface area contributed by atoms with Gasteiger partial charge >= 0.3 is 6.03 Å². The summed E-state index contributed by atoms with van der Waals surface area (Å²) in [5.41, 5.74) is 1.49. The summed E-state index contributed by atoms with van der Waals surface area (Å²) in [6, 6.07) is 15.8. The van der Waals surface area contributed by atoms with Gasteiger partial charge < -0.3 is 9.15 Å². The standard InChI is InChI=1S/C23H16BrIN2O5/c24-19-11-15(5-8-20(19)32-13-14-3-6-16(25)7-4-14)10-18-21(28)26-23(30)27(22(18)29)12-17-2-1-9-31-17/h1-11H,12-13H2,(H,26,28,30)/b18-10+. The highest BCUT2D eigenvalue weighted by Gasteiger charge is 2.36. The smallest absolute Gasteiger partial charge is 0.331 e. The minimum Gasteiger partial charge on any atom is -0.488 e. The first-order valence-electron chi connectivity index (χ1n) is 9.49. The van der Waals surface area contributed by atoms with Gasteiger partial charge in [-0.3, -0.25) is 19.8 Å². The summed E-state index contributed by atoms with van der Waals surface area (Å²) in [7, 11) is 0. The Hall–Kier alpha value is -2.92. The summed E-state index contributed by atoms with van der Waals surface area (Å²) in [6.07, 6.45) is 2.89. The molecule has 162 valence electrons. The zero-order valence-electron chi connectivity index (χ0n) is 16.5. The third-order valence-electron chi connectivity index (χ3n) is 4.65. The van der Waals surface area contributed by atoms with E-state index in [4.69, 9.17) is 9.15 Å². The number of hydrogen-bond donors (Lipinski definition) is 1. The van der Waals surface area contributed by atoms with Gasteiger partial charge in [0.25, 0.3) is 11.8 Å². The van der Waals surface area contributed by atoms with E-state index in [1.807, 2.05) is 24.3 Å². The summed E-state index contributed by atoms with van der Waals surface area (Å²) in [5.74, 6) is -0.379. The number of ether oxygens (including phenoxy) is 1. The van der Waals surface area contributed by atoms with E-state index in [-0.39, 0.29) is 12.1 Å². The lowest BCUT2D eigenvalue weighted by atomic mass is 10.1. The molecule has 0 spiro atoms. The molecule has 0 bridgehead atoms. The lowest BCUT2D eigenvalue weighted by Gasteiger charge is -2.25. The van der Waals surface area contributed by atoms with Crippen molar-refractivity contribution in [3.05, 3.63) is 91.4 Å². The highest BCUT2D eigenvalue weighted by molar-refractivity contribution is 14.1. The van der Waals surface area contributed by atoms with Crippen LogP contribution in [0.15, 0.2) is 75.3 Å². The van der Waals surface area contributed by atoms with Gasteiger partial charge in [0.15, 0.2) is 0 Å². The number of amides is 4. The number of carbonyl (C=O) groups excluding carboxylic acids is 3. The van der Waals surface area contributed by atoms with Crippen molar-refractivity contribution in [3.63, 3.8) is 0 Å². The van der Waals surface area contributed by atoms with Gasteiger partial charge in [-0.05, 0) is 92.1 Å². The van der Waals surface area contributed by atoms with Crippen molar-refractivity contribution in [2.45, 2.75) is 13.2 Å². The van der Waals surface area contributed by atoms with Crippen LogP contribution in [-0.4, -0.2) is 22.7 Å². The molecule has 1 saturated heterocycles. The van der Waals surface area contributed by atoms with Gasteiger partial charge in [-0.15, -0.1) is 0 Å². The van der Waals surface area contributed by atoms with Crippen LogP contribution in [0.25, 0.3) is 6.08 Å². The number of barbiturate groups is 1. The van der Waals surface area contributed by atoms with Crippen LogP contribution in [0.2, 0.25) is 0 Å². The number of urea groups is 1. The monoisotopic (exact) mass is 606 g/mol. The van der Waals surface area contributed by atoms with Gasteiger partial charge in [0.1, 0.15) is 23.7 Å².